The molecular formula is C13H16ClN3O. The van der Waals surface area contributed by atoms with Crippen LogP contribution in [0.4, 0.5) is 0 Å². The lowest BCUT2D eigenvalue weighted by Gasteiger charge is -2.06. The molecule has 0 aliphatic carbocycles. The minimum atomic E-state index is -0.0229. The molecule has 0 aliphatic rings. The first kappa shape index (κ1) is 12.9. The van der Waals surface area contributed by atoms with Gasteiger partial charge in [0.2, 0.25) is 0 Å². The normalized spacial score (nSPS) is 10.9. The van der Waals surface area contributed by atoms with Crippen LogP contribution in [0.2, 0.25) is 5.02 Å². The quantitative estimate of drug-likeness (QED) is 0.853. The highest BCUT2D eigenvalue weighted by molar-refractivity contribution is 6.31. The predicted octanol–water partition coefficient (Wildman–Crippen LogP) is 2.15. The maximum Gasteiger partial charge on any atom is 0.251 e. The van der Waals surface area contributed by atoms with E-state index in [-0.39, 0.29) is 5.56 Å². The molecule has 0 saturated carbocycles. The zero-order valence-corrected chi connectivity index (χ0v) is 11.5. The third kappa shape index (κ3) is 2.34. The second-order valence-corrected chi connectivity index (χ2v) is 4.73. The smallest absolute Gasteiger partial charge is 0.251 e. The van der Waals surface area contributed by atoms with Gasteiger partial charge in [-0.05, 0) is 25.0 Å². The van der Waals surface area contributed by atoms with E-state index in [2.05, 4.69) is 5.10 Å². The molecule has 0 aromatic carbocycles. The maximum absolute atomic E-state index is 11.8. The Bertz CT molecular complexity index is 628. The molecule has 0 radical (unpaired) electrons. The number of halogens is 1. The Hall–Kier alpha value is -1.55. The molecule has 0 fully saturated rings. The Labute approximate surface area is 111 Å². The van der Waals surface area contributed by atoms with Crippen molar-refractivity contribution in [3.63, 3.8) is 0 Å². The molecule has 96 valence electrons. The van der Waals surface area contributed by atoms with Crippen molar-refractivity contribution in [2.24, 2.45) is 7.05 Å². The molecule has 0 amide bonds. The molecule has 2 rings (SSSR count). The Morgan fingerprint density at radius 2 is 2.17 bits per heavy atom. The monoisotopic (exact) mass is 265 g/mol. The minimum Gasteiger partial charge on any atom is -0.309 e. The van der Waals surface area contributed by atoms with Gasteiger partial charge in [0, 0.05) is 19.3 Å². The van der Waals surface area contributed by atoms with Gasteiger partial charge in [0.25, 0.3) is 5.56 Å². The van der Waals surface area contributed by atoms with Crippen molar-refractivity contribution in [1.82, 2.24) is 14.3 Å². The fraction of sp³-hybridized carbons (Fsp3) is 0.385. The van der Waals surface area contributed by atoms with Crippen molar-refractivity contribution in [2.75, 3.05) is 0 Å². The summed E-state index contributed by atoms with van der Waals surface area (Å²) in [6.45, 7) is 4.36. The average molecular weight is 266 g/mol. The van der Waals surface area contributed by atoms with E-state index in [1.165, 1.54) is 0 Å². The van der Waals surface area contributed by atoms with Gasteiger partial charge in [-0.3, -0.25) is 9.48 Å². The van der Waals surface area contributed by atoms with Crippen LogP contribution >= 0.6 is 11.6 Å². The third-order valence-electron chi connectivity index (χ3n) is 2.97. The molecule has 4 nitrogen and oxygen atoms in total. The summed E-state index contributed by atoms with van der Waals surface area (Å²) in [5.41, 5.74) is 2.67. The molecule has 2 aromatic rings. The Morgan fingerprint density at radius 1 is 1.44 bits per heavy atom. The van der Waals surface area contributed by atoms with E-state index in [0.717, 1.165) is 23.4 Å². The fourth-order valence-electron chi connectivity index (χ4n) is 1.89. The highest BCUT2D eigenvalue weighted by atomic mass is 35.5. The average Bonchev–Trinajstić information content (AvgIpc) is 2.59. The van der Waals surface area contributed by atoms with Crippen molar-refractivity contribution in [1.29, 1.82) is 0 Å². The molecule has 0 atom stereocenters. The highest BCUT2D eigenvalue weighted by Gasteiger charge is 2.13. The van der Waals surface area contributed by atoms with E-state index in [1.807, 2.05) is 27.0 Å². The van der Waals surface area contributed by atoms with E-state index in [0.29, 0.717) is 11.6 Å². The van der Waals surface area contributed by atoms with Crippen LogP contribution in [0.5, 0.6) is 0 Å². The van der Waals surface area contributed by atoms with Crippen LogP contribution in [0.3, 0.4) is 0 Å². The minimum absolute atomic E-state index is 0.0229. The second-order valence-electron chi connectivity index (χ2n) is 4.35. The summed E-state index contributed by atoms with van der Waals surface area (Å²) >= 11 is 6.26. The third-order valence-corrected chi connectivity index (χ3v) is 3.41. The van der Waals surface area contributed by atoms with E-state index in [9.17, 15) is 4.79 Å². The number of hydrogen-bond donors (Lipinski definition) is 0. The largest absolute Gasteiger partial charge is 0.309 e. The van der Waals surface area contributed by atoms with Crippen molar-refractivity contribution in [3.8, 4) is 0 Å². The van der Waals surface area contributed by atoms with Crippen LogP contribution < -0.4 is 5.56 Å². The standard InChI is InChI=1S/C13H16ClN3O/c1-4-10-13(14)11(16(3)15-10)8-17-6-5-9(2)7-12(17)18/h5-7H,4,8H2,1-3H3. The summed E-state index contributed by atoms with van der Waals surface area (Å²) in [4.78, 5) is 11.8. The molecule has 0 bridgehead atoms. The first-order valence-electron chi connectivity index (χ1n) is 5.90. The van der Waals surface area contributed by atoms with Crippen molar-refractivity contribution in [2.45, 2.75) is 26.8 Å². The Kier molecular flexibility index (Phi) is 3.57. The zero-order valence-electron chi connectivity index (χ0n) is 10.8. The summed E-state index contributed by atoms with van der Waals surface area (Å²) in [7, 11) is 1.85. The molecule has 0 N–H and O–H groups in total. The van der Waals surface area contributed by atoms with Gasteiger partial charge < -0.3 is 4.57 Å². The molecule has 18 heavy (non-hydrogen) atoms. The van der Waals surface area contributed by atoms with Crippen molar-refractivity contribution < 1.29 is 0 Å². The van der Waals surface area contributed by atoms with E-state index < -0.39 is 0 Å². The van der Waals surface area contributed by atoms with Crippen LogP contribution in [-0.2, 0) is 20.0 Å². The SMILES string of the molecule is CCc1nn(C)c(Cn2ccc(C)cc2=O)c1Cl. The van der Waals surface area contributed by atoms with Gasteiger partial charge in [0.15, 0.2) is 0 Å². The van der Waals surface area contributed by atoms with Crippen molar-refractivity contribution in [3.05, 3.63) is 50.7 Å². The van der Waals surface area contributed by atoms with Gasteiger partial charge in [-0.15, -0.1) is 0 Å². The van der Waals surface area contributed by atoms with Gasteiger partial charge in [0.05, 0.1) is 23.0 Å². The van der Waals surface area contributed by atoms with E-state index in [1.54, 1.807) is 21.5 Å². The lowest BCUT2D eigenvalue weighted by molar-refractivity contribution is 0.648. The first-order valence-corrected chi connectivity index (χ1v) is 6.28. The lowest BCUT2D eigenvalue weighted by atomic mass is 10.2. The van der Waals surface area contributed by atoms with Crippen LogP contribution in [0.15, 0.2) is 23.1 Å². The van der Waals surface area contributed by atoms with Gasteiger partial charge in [-0.25, -0.2) is 0 Å². The van der Waals surface area contributed by atoms with Gasteiger partial charge in [-0.2, -0.15) is 5.10 Å². The zero-order chi connectivity index (χ0) is 13.3. The van der Waals surface area contributed by atoms with Gasteiger partial charge in [0.1, 0.15) is 0 Å². The number of rotatable bonds is 3. The van der Waals surface area contributed by atoms with E-state index in [4.69, 9.17) is 11.6 Å². The number of aromatic nitrogens is 3. The van der Waals surface area contributed by atoms with E-state index >= 15 is 0 Å². The van der Waals surface area contributed by atoms with Crippen LogP contribution in [0, 0.1) is 6.92 Å². The summed E-state index contributed by atoms with van der Waals surface area (Å²) < 4.78 is 3.38. The number of pyridine rings is 1. The maximum atomic E-state index is 11.8. The van der Waals surface area contributed by atoms with Crippen molar-refractivity contribution >= 4 is 11.6 Å². The topological polar surface area (TPSA) is 39.8 Å². The Balaban J connectivity index is 2.40. The molecule has 5 heteroatoms. The second kappa shape index (κ2) is 4.98. The van der Waals surface area contributed by atoms with Gasteiger partial charge >= 0.3 is 0 Å². The molecular weight excluding hydrogens is 250 g/mol. The molecule has 0 aliphatic heterocycles. The summed E-state index contributed by atoms with van der Waals surface area (Å²) in [6.07, 6.45) is 2.57. The van der Waals surface area contributed by atoms with Crippen LogP contribution in [0.25, 0.3) is 0 Å². The number of nitrogens with zero attached hydrogens (tertiary/aromatic N) is 3. The summed E-state index contributed by atoms with van der Waals surface area (Å²) in [5.74, 6) is 0. The fourth-order valence-corrected chi connectivity index (χ4v) is 2.24. The lowest BCUT2D eigenvalue weighted by Crippen LogP contribution is -2.20. The molecule has 0 saturated heterocycles. The molecule has 0 unspecified atom stereocenters. The molecule has 2 heterocycles. The summed E-state index contributed by atoms with van der Waals surface area (Å²) in [5, 5.41) is 5.00. The Morgan fingerprint density at radius 3 is 2.72 bits per heavy atom. The van der Waals surface area contributed by atoms with Crippen LogP contribution in [-0.4, -0.2) is 14.3 Å². The predicted molar refractivity (Wildman–Crippen MR) is 72.1 cm³/mol. The molecule has 0 spiro atoms. The molecule has 2 aromatic heterocycles. The first-order chi connectivity index (χ1) is 8.52. The number of hydrogen-bond acceptors (Lipinski definition) is 2. The highest BCUT2D eigenvalue weighted by Crippen LogP contribution is 2.21. The number of aryl methyl sites for hydroxylation is 3. The summed E-state index contributed by atoms with van der Waals surface area (Å²) in [6, 6.07) is 3.53. The van der Waals surface area contributed by atoms with Gasteiger partial charge in [-0.1, -0.05) is 18.5 Å². The van der Waals surface area contributed by atoms with Crippen LogP contribution in [0.1, 0.15) is 23.9 Å².